The summed E-state index contributed by atoms with van der Waals surface area (Å²) in [5, 5.41) is 17.6. The molecule has 1 unspecified atom stereocenters. The van der Waals surface area contributed by atoms with E-state index in [1.165, 1.54) is 4.90 Å². The first kappa shape index (κ1) is 14.9. The molecule has 5 nitrogen and oxygen atoms in total. The number of hydrogen-bond acceptors (Lipinski definition) is 3. The Bertz CT molecular complexity index is 257. The van der Waals surface area contributed by atoms with Crippen LogP contribution in [0.25, 0.3) is 0 Å². The van der Waals surface area contributed by atoms with Gasteiger partial charge in [0.2, 0.25) is 5.91 Å². The number of aliphatic carboxylic acids is 1. The van der Waals surface area contributed by atoms with Crippen LogP contribution >= 0.6 is 0 Å². The third kappa shape index (κ3) is 4.61. The van der Waals surface area contributed by atoms with Gasteiger partial charge in [0.15, 0.2) is 0 Å². The number of amides is 1. The molecule has 0 bridgehead atoms. The monoisotopic (exact) mass is 231 g/mol. The molecule has 0 saturated carbocycles. The van der Waals surface area contributed by atoms with Crippen LogP contribution in [0.1, 0.15) is 27.7 Å². The maximum absolute atomic E-state index is 11.9. The van der Waals surface area contributed by atoms with Crippen molar-refractivity contribution in [3.8, 4) is 0 Å². The summed E-state index contributed by atoms with van der Waals surface area (Å²) >= 11 is 0. The van der Waals surface area contributed by atoms with Gasteiger partial charge in [0.25, 0.3) is 0 Å². The lowest BCUT2D eigenvalue weighted by Crippen LogP contribution is -2.44. The summed E-state index contributed by atoms with van der Waals surface area (Å²) in [4.78, 5) is 24.0. The zero-order chi connectivity index (χ0) is 12.9. The van der Waals surface area contributed by atoms with Gasteiger partial charge in [-0.3, -0.25) is 9.59 Å². The molecule has 2 N–H and O–H groups in total. The van der Waals surface area contributed by atoms with Gasteiger partial charge in [-0.05, 0) is 0 Å². The topological polar surface area (TPSA) is 77.8 Å². The summed E-state index contributed by atoms with van der Waals surface area (Å²) in [5.41, 5.74) is -0.562. The second-order valence-corrected chi connectivity index (χ2v) is 4.96. The van der Waals surface area contributed by atoms with Crippen molar-refractivity contribution in [1.29, 1.82) is 0 Å². The highest BCUT2D eigenvalue weighted by Gasteiger charge is 2.28. The van der Waals surface area contributed by atoms with E-state index in [-0.39, 0.29) is 25.6 Å². The number of carbonyl (C=O) groups is 2. The van der Waals surface area contributed by atoms with Gasteiger partial charge >= 0.3 is 5.97 Å². The lowest BCUT2D eigenvalue weighted by molar-refractivity contribution is -0.145. The van der Waals surface area contributed by atoms with E-state index in [1.807, 2.05) is 0 Å². The van der Waals surface area contributed by atoms with Crippen LogP contribution in [0.3, 0.4) is 0 Å². The molecule has 0 aromatic rings. The molecule has 0 radical (unpaired) electrons. The average Bonchev–Trinajstić information content (AvgIpc) is 2.14. The molecule has 0 aliphatic rings. The number of rotatable bonds is 5. The fourth-order valence-corrected chi connectivity index (χ4v) is 1.28. The molecule has 94 valence electrons. The Labute approximate surface area is 96.1 Å². The van der Waals surface area contributed by atoms with Crippen molar-refractivity contribution in [3.63, 3.8) is 0 Å². The molecule has 0 aliphatic heterocycles. The Morgan fingerprint density at radius 2 is 1.81 bits per heavy atom. The Balaban J connectivity index is 4.62. The number of carbonyl (C=O) groups excluding carboxylic acids is 1. The molecular weight excluding hydrogens is 210 g/mol. The van der Waals surface area contributed by atoms with Gasteiger partial charge in [-0.25, -0.2) is 0 Å². The van der Waals surface area contributed by atoms with Crippen molar-refractivity contribution < 1.29 is 19.8 Å². The van der Waals surface area contributed by atoms with Crippen molar-refractivity contribution in [2.75, 3.05) is 19.7 Å². The third-order valence-corrected chi connectivity index (χ3v) is 2.21. The molecule has 0 rings (SSSR count). The fourth-order valence-electron chi connectivity index (χ4n) is 1.28. The maximum Gasteiger partial charge on any atom is 0.308 e. The first-order chi connectivity index (χ1) is 7.20. The summed E-state index contributed by atoms with van der Waals surface area (Å²) < 4.78 is 0. The van der Waals surface area contributed by atoms with Crippen molar-refractivity contribution in [1.82, 2.24) is 4.90 Å². The first-order valence-corrected chi connectivity index (χ1v) is 5.33. The van der Waals surface area contributed by atoms with E-state index in [1.54, 1.807) is 27.7 Å². The molecule has 0 saturated heterocycles. The van der Waals surface area contributed by atoms with Crippen molar-refractivity contribution >= 4 is 11.9 Å². The lowest BCUT2D eigenvalue weighted by atomic mass is 9.94. The maximum atomic E-state index is 11.9. The van der Waals surface area contributed by atoms with E-state index >= 15 is 0 Å². The minimum absolute atomic E-state index is 0.131. The van der Waals surface area contributed by atoms with Crippen LogP contribution in [-0.2, 0) is 9.59 Å². The SMILES string of the molecule is CC(CN(CCO)C(=O)C(C)(C)C)C(=O)O. The van der Waals surface area contributed by atoms with Crippen molar-refractivity contribution in [2.24, 2.45) is 11.3 Å². The van der Waals surface area contributed by atoms with Crippen LogP contribution in [0.5, 0.6) is 0 Å². The smallest absolute Gasteiger partial charge is 0.308 e. The molecule has 0 heterocycles. The second kappa shape index (κ2) is 5.84. The van der Waals surface area contributed by atoms with E-state index in [0.29, 0.717) is 0 Å². The van der Waals surface area contributed by atoms with Crippen LogP contribution in [0, 0.1) is 11.3 Å². The van der Waals surface area contributed by atoms with Gasteiger partial charge < -0.3 is 15.1 Å². The van der Waals surface area contributed by atoms with Gasteiger partial charge in [0, 0.05) is 18.5 Å². The molecule has 0 spiro atoms. The molecule has 1 atom stereocenters. The van der Waals surface area contributed by atoms with E-state index in [9.17, 15) is 9.59 Å². The summed E-state index contributed by atoms with van der Waals surface area (Å²) in [6.07, 6.45) is 0. The molecular formula is C11H21NO4. The quantitative estimate of drug-likeness (QED) is 0.725. The van der Waals surface area contributed by atoms with Gasteiger partial charge in [0.1, 0.15) is 0 Å². The van der Waals surface area contributed by atoms with Crippen LogP contribution in [-0.4, -0.2) is 46.7 Å². The second-order valence-electron chi connectivity index (χ2n) is 4.96. The zero-order valence-electron chi connectivity index (χ0n) is 10.4. The highest BCUT2D eigenvalue weighted by Crippen LogP contribution is 2.18. The highest BCUT2D eigenvalue weighted by atomic mass is 16.4. The molecule has 0 aliphatic carbocycles. The Morgan fingerprint density at radius 1 is 1.31 bits per heavy atom. The minimum atomic E-state index is -0.940. The van der Waals surface area contributed by atoms with Gasteiger partial charge in [-0.2, -0.15) is 0 Å². The summed E-state index contributed by atoms with van der Waals surface area (Å²) in [7, 11) is 0. The van der Waals surface area contributed by atoms with E-state index in [4.69, 9.17) is 10.2 Å². The number of carboxylic acid groups (broad SMARTS) is 1. The van der Waals surface area contributed by atoms with E-state index in [2.05, 4.69) is 0 Å². The molecule has 0 aromatic carbocycles. The third-order valence-electron chi connectivity index (χ3n) is 2.21. The largest absolute Gasteiger partial charge is 0.481 e. The molecule has 0 fully saturated rings. The van der Waals surface area contributed by atoms with Crippen LogP contribution in [0.4, 0.5) is 0 Å². The first-order valence-electron chi connectivity index (χ1n) is 5.33. The lowest BCUT2D eigenvalue weighted by Gasteiger charge is -2.30. The van der Waals surface area contributed by atoms with E-state index < -0.39 is 17.3 Å². The van der Waals surface area contributed by atoms with E-state index in [0.717, 1.165) is 0 Å². The van der Waals surface area contributed by atoms with Crippen molar-refractivity contribution in [3.05, 3.63) is 0 Å². The number of carboxylic acids is 1. The molecule has 0 aromatic heterocycles. The number of hydrogen-bond donors (Lipinski definition) is 2. The minimum Gasteiger partial charge on any atom is -0.481 e. The molecule has 1 amide bonds. The van der Waals surface area contributed by atoms with Crippen molar-refractivity contribution in [2.45, 2.75) is 27.7 Å². The molecule has 16 heavy (non-hydrogen) atoms. The number of nitrogens with zero attached hydrogens (tertiary/aromatic N) is 1. The summed E-state index contributed by atoms with van der Waals surface area (Å²) in [6, 6.07) is 0. The Morgan fingerprint density at radius 3 is 2.12 bits per heavy atom. The Hall–Kier alpha value is -1.10. The van der Waals surface area contributed by atoms with Gasteiger partial charge in [-0.15, -0.1) is 0 Å². The van der Waals surface area contributed by atoms with Crippen LogP contribution in [0.2, 0.25) is 0 Å². The predicted octanol–water partition coefficient (Wildman–Crippen LogP) is 0.574. The Kier molecular flexibility index (Phi) is 5.44. The summed E-state index contributed by atoms with van der Waals surface area (Å²) in [6.45, 7) is 7.00. The average molecular weight is 231 g/mol. The number of aliphatic hydroxyl groups excluding tert-OH is 1. The van der Waals surface area contributed by atoms with Crippen LogP contribution < -0.4 is 0 Å². The van der Waals surface area contributed by atoms with Crippen LogP contribution in [0.15, 0.2) is 0 Å². The predicted molar refractivity (Wildman–Crippen MR) is 59.9 cm³/mol. The molecule has 5 heteroatoms. The summed E-state index contributed by atoms with van der Waals surface area (Å²) in [5.74, 6) is -1.71. The van der Waals surface area contributed by atoms with Gasteiger partial charge in [0.05, 0.1) is 12.5 Å². The normalized spacial score (nSPS) is 13.3. The standard InChI is InChI=1S/C11H21NO4/c1-8(9(14)15)7-12(5-6-13)10(16)11(2,3)4/h8,13H,5-7H2,1-4H3,(H,14,15). The van der Waals surface area contributed by atoms with Gasteiger partial charge in [-0.1, -0.05) is 27.7 Å². The zero-order valence-corrected chi connectivity index (χ0v) is 10.4. The highest BCUT2D eigenvalue weighted by molar-refractivity contribution is 5.82. The fraction of sp³-hybridized carbons (Fsp3) is 0.818. The number of aliphatic hydroxyl groups is 1.